The highest BCUT2D eigenvalue weighted by molar-refractivity contribution is 7.89. The first-order valence-corrected chi connectivity index (χ1v) is 10.8. The molecule has 30 heavy (non-hydrogen) atoms. The minimum atomic E-state index is -3.78. The second-order valence-electron chi connectivity index (χ2n) is 7.27. The summed E-state index contributed by atoms with van der Waals surface area (Å²) in [5.74, 6) is -0.730. The lowest BCUT2D eigenvalue weighted by atomic mass is 9.94. The van der Waals surface area contributed by atoms with E-state index in [1.165, 1.54) is 29.0 Å². The van der Waals surface area contributed by atoms with Crippen molar-refractivity contribution in [3.05, 3.63) is 78.0 Å². The molecule has 2 heterocycles. The van der Waals surface area contributed by atoms with Crippen LogP contribution >= 0.6 is 0 Å². The van der Waals surface area contributed by atoms with Crippen molar-refractivity contribution in [1.29, 1.82) is 5.26 Å². The lowest BCUT2D eigenvalue weighted by molar-refractivity contribution is 0.468. The van der Waals surface area contributed by atoms with E-state index in [0.29, 0.717) is 0 Å². The standard InChI is InChI=1S/C21H20FN5O2S/c1-26-13-21(24-14-26)30(28,29)27-11-17(16-5-3-2-4-6-16)20(12-27)25-19-8-7-15(10-23)9-18(19)22/h2-9,13-14,17,20,25H,11-12H2,1H3/t17-,20+/m1/s1. The topological polar surface area (TPSA) is 91.0 Å². The van der Waals surface area contributed by atoms with Crippen LogP contribution in [0.25, 0.3) is 0 Å². The van der Waals surface area contributed by atoms with Crippen molar-refractivity contribution in [3.8, 4) is 6.07 Å². The fraction of sp³-hybridized carbons (Fsp3) is 0.238. The first-order chi connectivity index (χ1) is 14.4. The lowest BCUT2D eigenvalue weighted by Crippen LogP contribution is -2.32. The van der Waals surface area contributed by atoms with E-state index < -0.39 is 15.8 Å². The zero-order valence-electron chi connectivity index (χ0n) is 16.2. The molecule has 4 rings (SSSR count). The van der Waals surface area contributed by atoms with Crippen LogP contribution < -0.4 is 5.32 Å². The van der Waals surface area contributed by atoms with Gasteiger partial charge in [-0.15, -0.1) is 0 Å². The Labute approximate surface area is 174 Å². The number of sulfonamides is 1. The van der Waals surface area contributed by atoms with Gasteiger partial charge in [0.2, 0.25) is 0 Å². The Hall–Kier alpha value is -3.22. The fourth-order valence-electron chi connectivity index (χ4n) is 3.70. The number of nitriles is 1. The third-order valence-corrected chi connectivity index (χ3v) is 6.96. The number of nitrogens with zero attached hydrogens (tertiary/aromatic N) is 4. The third-order valence-electron chi connectivity index (χ3n) is 5.24. The maximum Gasteiger partial charge on any atom is 0.262 e. The molecule has 0 aliphatic carbocycles. The Morgan fingerprint density at radius 1 is 1.20 bits per heavy atom. The number of hydrogen-bond donors (Lipinski definition) is 1. The molecule has 3 aromatic rings. The quantitative estimate of drug-likeness (QED) is 0.679. The molecule has 7 nitrogen and oxygen atoms in total. The van der Waals surface area contributed by atoms with E-state index in [9.17, 15) is 12.8 Å². The molecule has 0 spiro atoms. The largest absolute Gasteiger partial charge is 0.378 e. The van der Waals surface area contributed by atoms with E-state index in [-0.39, 0.29) is 41.3 Å². The molecule has 0 amide bonds. The Morgan fingerprint density at radius 2 is 1.97 bits per heavy atom. The van der Waals surface area contributed by atoms with Gasteiger partial charge in [-0.1, -0.05) is 30.3 Å². The second-order valence-corrected chi connectivity index (χ2v) is 9.16. The molecule has 1 aromatic heterocycles. The fourth-order valence-corrected chi connectivity index (χ4v) is 5.16. The van der Waals surface area contributed by atoms with Crippen molar-refractivity contribution < 1.29 is 12.8 Å². The molecule has 0 saturated carbocycles. The van der Waals surface area contributed by atoms with Gasteiger partial charge in [-0.3, -0.25) is 0 Å². The Morgan fingerprint density at radius 3 is 2.60 bits per heavy atom. The van der Waals surface area contributed by atoms with Crippen LogP contribution in [0.5, 0.6) is 0 Å². The van der Waals surface area contributed by atoms with Crippen LogP contribution in [0, 0.1) is 17.1 Å². The van der Waals surface area contributed by atoms with Crippen molar-refractivity contribution in [2.75, 3.05) is 18.4 Å². The highest BCUT2D eigenvalue weighted by atomic mass is 32.2. The zero-order chi connectivity index (χ0) is 21.3. The number of halogens is 1. The lowest BCUT2D eigenvalue weighted by Gasteiger charge is -2.21. The van der Waals surface area contributed by atoms with E-state index in [0.717, 1.165) is 11.6 Å². The van der Waals surface area contributed by atoms with Crippen LogP contribution in [0.4, 0.5) is 10.1 Å². The van der Waals surface area contributed by atoms with Crippen molar-refractivity contribution >= 4 is 15.7 Å². The van der Waals surface area contributed by atoms with E-state index >= 15 is 0 Å². The molecule has 154 valence electrons. The first-order valence-electron chi connectivity index (χ1n) is 9.38. The van der Waals surface area contributed by atoms with E-state index in [1.807, 2.05) is 36.4 Å². The van der Waals surface area contributed by atoms with Gasteiger partial charge in [0.05, 0.1) is 23.6 Å². The number of hydrogen-bond acceptors (Lipinski definition) is 5. The van der Waals surface area contributed by atoms with Gasteiger partial charge in [0.25, 0.3) is 10.0 Å². The molecule has 0 bridgehead atoms. The van der Waals surface area contributed by atoms with Gasteiger partial charge in [-0.2, -0.15) is 9.57 Å². The van der Waals surface area contributed by atoms with Crippen LogP contribution in [0.1, 0.15) is 17.0 Å². The third kappa shape index (κ3) is 3.79. The molecule has 9 heteroatoms. The van der Waals surface area contributed by atoms with Crippen molar-refractivity contribution in [2.24, 2.45) is 7.05 Å². The predicted molar refractivity (Wildman–Crippen MR) is 110 cm³/mol. The average molecular weight is 425 g/mol. The molecule has 1 fully saturated rings. The van der Waals surface area contributed by atoms with Crippen molar-refractivity contribution in [3.63, 3.8) is 0 Å². The number of rotatable bonds is 5. The van der Waals surface area contributed by atoms with Crippen molar-refractivity contribution in [1.82, 2.24) is 13.9 Å². The van der Waals surface area contributed by atoms with Gasteiger partial charge in [-0.05, 0) is 23.8 Å². The molecule has 1 aliphatic rings. The summed E-state index contributed by atoms with van der Waals surface area (Å²) in [6.45, 7) is 0.413. The summed E-state index contributed by atoms with van der Waals surface area (Å²) in [5.41, 5.74) is 1.42. The highest BCUT2D eigenvalue weighted by Crippen LogP contribution is 2.33. The average Bonchev–Trinajstić information content (AvgIpc) is 3.37. The SMILES string of the molecule is Cn1cnc(S(=O)(=O)N2C[C@H](Nc3ccc(C#N)cc3F)[C@@H](c3ccccc3)C2)c1. The molecule has 0 unspecified atom stereocenters. The van der Waals surface area contributed by atoms with Crippen LogP contribution in [-0.4, -0.2) is 41.4 Å². The summed E-state index contributed by atoms with van der Waals surface area (Å²) in [6, 6.07) is 15.3. The minimum Gasteiger partial charge on any atom is -0.378 e. The van der Waals surface area contributed by atoms with Gasteiger partial charge >= 0.3 is 0 Å². The molecule has 2 atom stereocenters. The van der Waals surface area contributed by atoms with Gasteiger partial charge in [0.15, 0.2) is 5.03 Å². The number of imidazole rings is 1. The van der Waals surface area contributed by atoms with E-state index in [1.54, 1.807) is 11.6 Å². The van der Waals surface area contributed by atoms with Crippen LogP contribution in [0.3, 0.4) is 0 Å². The summed E-state index contributed by atoms with van der Waals surface area (Å²) in [5, 5.41) is 12.1. The Kier molecular flexibility index (Phi) is 5.28. The molecule has 1 saturated heterocycles. The van der Waals surface area contributed by atoms with E-state index in [4.69, 9.17) is 5.26 Å². The van der Waals surface area contributed by atoms with Crippen molar-refractivity contribution in [2.45, 2.75) is 17.0 Å². The minimum absolute atomic E-state index is 0.0120. The number of aromatic nitrogens is 2. The molecule has 0 radical (unpaired) electrons. The first kappa shape index (κ1) is 20.1. The van der Waals surface area contributed by atoms with E-state index in [2.05, 4.69) is 10.3 Å². The summed E-state index contributed by atoms with van der Waals surface area (Å²) in [6.07, 6.45) is 2.91. The zero-order valence-corrected chi connectivity index (χ0v) is 17.1. The Bertz CT molecular complexity index is 1200. The smallest absolute Gasteiger partial charge is 0.262 e. The van der Waals surface area contributed by atoms with Crippen LogP contribution in [0.15, 0.2) is 66.1 Å². The molecule has 1 aliphatic heterocycles. The molecular formula is C21H20FN5O2S. The maximum atomic E-state index is 14.5. The van der Waals surface area contributed by atoms with Gasteiger partial charge in [0.1, 0.15) is 5.82 Å². The molecule has 2 aromatic carbocycles. The summed E-state index contributed by atoms with van der Waals surface area (Å²) in [7, 11) is -2.07. The second kappa shape index (κ2) is 7.89. The highest BCUT2D eigenvalue weighted by Gasteiger charge is 2.41. The molecule has 1 N–H and O–H groups in total. The number of nitrogens with one attached hydrogen (secondary N) is 1. The number of benzene rings is 2. The monoisotopic (exact) mass is 425 g/mol. The normalized spacial score (nSPS) is 19.5. The number of aryl methyl sites for hydroxylation is 1. The Balaban J connectivity index is 1.66. The molecular weight excluding hydrogens is 405 g/mol. The predicted octanol–water partition coefficient (Wildman–Crippen LogP) is 2.70. The summed E-state index contributed by atoms with van der Waals surface area (Å²) >= 11 is 0. The maximum absolute atomic E-state index is 14.5. The van der Waals surface area contributed by atoms with Crippen LogP contribution in [-0.2, 0) is 17.1 Å². The summed E-state index contributed by atoms with van der Waals surface area (Å²) < 4.78 is 43.6. The van der Waals surface area contributed by atoms with Gasteiger partial charge in [0, 0.05) is 38.3 Å². The van der Waals surface area contributed by atoms with Crippen LogP contribution in [0.2, 0.25) is 0 Å². The summed E-state index contributed by atoms with van der Waals surface area (Å²) in [4.78, 5) is 3.99. The van der Waals surface area contributed by atoms with Gasteiger partial charge < -0.3 is 9.88 Å². The number of anilines is 1. The van der Waals surface area contributed by atoms with Gasteiger partial charge in [-0.25, -0.2) is 17.8 Å².